The van der Waals surface area contributed by atoms with Gasteiger partial charge in [-0.25, -0.2) is 9.37 Å². The second kappa shape index (κ2) is 7.40. The molecule has 0 bridgehead atoms. The van der Waals surface area contributed by atoms with E-state index < -0.39 is 0 Å². The lowest BCUT2D eigenvalue weighted by Gasteiger charge is -2.22. The summed E-state index contributed by atoms with van der Waals surface area (Å²) in [6, 6.07) is 3.24. The summed E-state index contributed by atoms with van der Waals surface area (Å²) >= 11 is 0. The number of pyridine rings is 1. The van der Waals surface area contributed by atoms with Crippen molar-refractivity contribution < 1.29 is 4.39 Å². The van der Waals surface area contributed by atoms with Gasteiger partial charge in [0.2, 0.25) is 0 Å². The van der Waals surface area contributed by atoms with E-state index in [0.717, 1.165) is 57.9 Å². The third-order valence-corrected chi connectivity index (χ3v) is 3.55. The molecule has 0 aliphatic carbocycles. The van der Waals surface area contributed by atoms with Gasteiger partial charge in [-0.05, 0) is 51.0 Å². The van der Waals surface area contributed by atoms with Crippen LogP contribution in [0.5, 0.6) is 0 Å². The zero-order chi connectivity index (χ0) is 13.5. The van der Waals surface area contributed by atoms with Gasteiger partial charge in [0, 0.05) is 19.6 Å². The number of rotatable bonds is 5. The summed E-state index contributed by atoms with van der Waals surface area (Å²) in [6.07, 6.45) is 4.69. The van der Waals surface area contributed by atoms with Crippen LogP contribution >= 0.6 is 0 Å². The highest BCUT2D eigenvalue weighted by Gasteiger charge is 2.15. The topological polar surface area (TPSA) is 45.4 Å². The van der Waals surface area contributed by atoms with Gasteiger partial charge in [-0.15, -0.1) is 0 Å². The lowest BCUT2D eigenvalue weighted by molar-refractivity contribution is 0.288. The molecule has 1 aromatic rings. The lowest BCUT2D eigenvalue weighted by Crippen LogP contribution is -2.31. The Morgan fingerprint density at radius 2 is 2.05 bits per heavy atom. The number of aromatic nitrogens is 1. The molecule has 1 aliphatic heterocycles. The number of unbranched alkanes of at least 4 members (excludes halogenated alkanes) is 1. The smallest absolute Gasteiger partial charge is 0.141 e. The predicted octanol–water partition coefficient (Wildman–Crippen LogP) is 1.47. The number of hydrogen-bond donors (Lipinski definition) is 1. The Balaban J connectivity index is 1.84. The van der Waals surface area contributed by atoms with Crippen LogP contribution in [0, 0.1) is 5.82 Å². The largest absolute Gasteiger partial charge is 0.355 e. The molecule has 0 aromatic carbocycles. The maximum Gasteiger partial charge on any atom is 0.141 e. The maximum absolute atomic E-state index is 12.9. The van der Waals surface area contributed by atoms with Gasteiger partial charge in [0.05, 0.1) is 6.20 Å². The van der Waals surface area contributed by atoms with Crippen molar-refractivity contribution in [2.45, 2.75) is 19.3 Å². The summed E-state index contributed by atoms with van der Waals surface area (Å²) in [4.78, 5) is 8.88. The zero-order valence-corrected chi connectivity index (χ0v) is 11.4. The number of hydrogen-bond acceptors (Lipinski definition) is 4. The molecule has 1 aromatic heterocycles. The predicted molar refractivity (Wildman–Crippen MR) is 75.8 cm³/mol. The molecule has 5 heteroatoms. The van der Waals surface area contributed by atoms with Crippen molar-refractivity contribution in [3.8, 4) is 0 Å². The molecule has 0 atom stereocenters. The normalized spacial score (nSPS) is 17.5. The van der Waals surface area contributed by atoms with E-state index in [2.05, 4.69) is 14.8 Å². The highest BCUT2D eigenvalue weighted by Crippen LogP contribution is 2.14. The average Bonchev–Trinajstić information content (AvgIpc) is 2.66. The third-order valence-electron chi connectivity index (χ3n) is 3.55. The minimum absolute atomic E-state index is 0.276. The van der Waals surface area contributed by atoms with Gasteiger partial charge in [0.15, 0.2) is 0 Å². The molecule has 0 amide bonds. The third kappa shape index (κ3) is 4.44. The minimum Gasteiger partial charge on any atom is -0.355 e. The number of halogens is 1. The minimum atomic E-state index is -0.276. The standard InChI is InChI=1S/C14H23FN4/c15-13-4-5-14(17-12-13)19-9-3-8-18(10-11-19)7-2-1-6-16/h4-5,12H,1-3,6-11,16H2. The molecule has 0 spiro atoms. The molecule has 106 valence electrons. The fraction of sp³-hybridized carbons (Fsp3) is 0.643. The molecule has 1 saturated heterocycles. The van der Waals surface area contributed by atoms with Crippen molar-refractivity contribution in [2.24, 2.45) is 5.73 Å². The van der Waals surface area contributed by atoms with Crippen LogP contribution in [0.1, 0.15) is 19.3 Å². The Labute approximate surface area is 114 Å². The molecule has 0 saturated carbocycles. The number of anilines is 1. The molecule has 0 unspecified atom stereocenters. The first-order valence-corrected chi connectivity index (χ1v) is 7.08. The molecule has 0 radical (unpaired) electrons. The monoisotopic (exact) mass is 266 g/mol. The van der Waals surface area contributed by atoms with Crippen LogP contribution < -0.4 is 10.6 Å². The maximum atomic E-state index is 12.9. The van der Waals surface area contributed by atoms with Crippen LogP contribution in [0.2, 0.25) is 0 Å². The molecule has 2 rings (SSSR count). The lowest BCUT2D eigenvalue weighted by atomic mass is 10.3. The molecule has 2 heterocycles. The summed E-state index contributed by atoms with van der Waals surface area (Å²) in [6.45, 7) is 6.03. The molecule has 1 fully saturated rings. The summed E-state index contributed by atoms with van der Waals surface area (Å²) in [7, 11) is 0. The summed E-state index contributed by atoms with van der Waals surface area (Å²) in [5.41, 5.74) is 5.52. The van der Waals surface area contributed by atoms with Crippen LogP contribution in [0.15, 0.2) is 18.3 Å². The fourth-order valence-electron chi connectivity index (χ4n) is 2.46. The van der Waals surface area contributed by atoms with Crippen LogP contribution in [-0.4, -0.2) is 49.2 Å². The first-order chi connectivity index (χ1) is 9.29. The fourth-order valence-corrected chi connectivity index (χ4v) is 2.46. The quantitative estimate of drug-likeness (QED) is 0.820. The van der Waals surface area contributed by atoms with Crippen molar-refractivity contribution >= 4 is 5.82 Å². The Kier molecular flexibility index (Phi) is 5.54. The summed E-state index contributed by atoms with van der Waals surface area (Å²) in [5.74, 6) is 0.604. The van der Waals surface area contributed by atoms with E-state index in [9.17, 15) is 4.39 Å². The van der Waals surface area contributed by atoms with Crippen LogP contribution in [-0.2, 0) is 0 Å². The summed E-state index contributed by atoms with van der Waals surface area (Å²) < 4.78 is 12.9. The van der Waals surface area contributed by atoms with Gasteiger partial charge in [0.1, 0.15) is 11.6 Å². The first-order valence-electron chi connectivity index (χ1n) is 7.08. The van der Waals surface area contributed by atoms with E-state index in [1.807, 2.05) is 0 Å². The van der Waals surface area contributed by atoms with E-state index in [0.29, 0.717) is 0 Å². The second-order valence-corrected chi connectivity index (χ2v) is 5.01. The van der Waals surface area contributed by atoms with E-state index in [1.54, 1.807) is 6.07 Å². The molecule has 4 nitrogen and oxygen atoms in total. The van der Waals surface area contributed by atoms with Crippen molar-refractivity contribution in [1.82, 2.24) is 9.88 Å². The van der Waals surface area contributed by atoms with Gasteiger partial charge in [-0.3, -0.25) is 0 Å². The van der Waals surface area contributed by atoms with Crippen molar-refractivity contribution in [3.05, 3.63) is 24.1 Å². The SMILES string of the molecule is NCCCCN1CCCN(c2ccc(F)cn2)CC1. The molecule has 19 heavy (non-hydrogen) atoms. The molecule has 1 aliphatic rings. The average molecular weight is 266 g/mol. The number of nitrogens with zero attached hydrogens (tertiary/aromatic N) is 3. The molecule has 2 N–H and O–H groups in total. The van der Waals surface area contributed by atoms with Gasteiger partial charge in [-0.2, -0.15) is 0 Å². The Morgan fingerprint density at radius 3 is 2.79 bits per heavy atom. The van der Waals surface area contributed by atoms with Crippen molar-refractivity contribution in [2.75, 3.05) is 44.2 Å². The molecular weight excluding hydrogens is 243 g/mol. The second-order valence-electron chi connectivity index (χ2n) is 5.01. The van der Waals surface area contributed by atoms with Crippen molar-refractivity contribution in [3.63, 3.8) is 0 Å². The van der Waals surface area contributed by atoms with Crippen LogP contribution in [0.25, 0.3) is 0 Å². The van der Waals surface area contributed by atoms with Gasteiger partial charge >= 0.3 is 0 Å². The Hall–Kier alpha value is -1.20. The van der Waals surface area contributed by atoms with Crippen LogP contribution in [0.3, 0.4) is 0 Å². The highest BCUT2D eigenvalue weighted by atomic mass is 19.1. The Bertz CT molecular complexity index is 368. The Morgan fingerprint density at radius 1 is 1.16 bits per heavy atom. The number of nitrogens with two attached hydrogens (primary N) is 1. The van der Waals surface area contributed by atoms with E-state index in [1.165, 1.54) is 18.7 Å². The van der Waals surface area contributed by atoms with E-state index in [-0.39, 0.29) is 5.82 Å². The van der Waals surface area contributed by atoms with Gasteiger partial charge in [0.25, 0.3) is 0 Å². The highest BCUT2D eigenvalue weighted by molar-refractivity contribution is 5.38. The molecular formula is C14H23FN4. The zero-order valence-electron chi connectivity index (χ0n) is 11.4. The van der Waals surface area contributed by atoms with E-state index >= 15 is 0 Å². The first kappa shape index (κ1) is 14.2. The van der Waals surface area contributed by atoms with Gasteiger partial charge < -0.3 is 15.5 Å². The van der Waals surface area contributed by atoms with Crippen LogP contribution in [0.4, 0.5) is 10.2 Å². The van der Waals surface area contributed by atoms with E-state index in [4.69, 9.17) is 5.73 Å². The van der Waals surface area contributed by atoms with Crippen molar-refractivity contribution in [1.29, 1.82) is 0 Å². The summed E-state index contributed by atoms with van der Waals surface area (Å²) in [5, 5.41) is 0. The van der Waals surface area contributed by atoms with Gasteiger partial charge in [-0.1, -0.05) is 0 Å².